The maximum Gasteiger partial charge on any atom is 0.268 e. The molecule has 7 heteroatoms. The summed E-state index contributed by atoms with van der Waals surface area (Å²) in [4.78, 5) is 27.0. The summed E-state index contributed by atoms with van der Waals surface area (Å²) in [7, 11) is 1.61. The van der Waals surface area contributed by atoms with Crippen molar-refractivity contribution < 1.29 is 23.8 Å². The van der Waals surface area contributed by atoms with E-state index < -0.39 is 6.10 Å². The predicted octanol–water partition coefficient (Wildman–Crippen LogP) is 4.81. The zero-order valence-electron chi connectivity index (χ0n) is 19.3. The van der Waals surface area contributed by atoms with E-state index in [1.807, 2.05) is 54.6 Å². The second-order valence-electron chi connectivity index (χ2n) is 8.03. The van der Waals surface area contributed by atoms with Gasteiger partial charge in [0.2, 0.25) is 5.91 Å². The third-order valence-electron chi connectivity index (χ3n) is 5.51. The molecule has 176 valence electrons. The first-order valence-electron chi connectivity index (χ1n) is 11.3. The van der Waals surface area contributed by atoms with Gasteiger partial charge in [-0.2, -0.15) is 0 Å². The monoisotopic (exact) mass is 460 g/mol. The summed E-state index contributed by atoms with van der Waals surface area (Å²) in [5.74, 6) is 1.88. The Labute approximate surface area is 199 Å². The zero-order valence-corrected chi connectivity index (χ0v) is 19.3. The highest BCUT2D eigenvalue weighted by atomic mass is 16.5. The lowest BCUT2D eigenvalue weighted by Crippen LogP contribution is -2.44. The van der Waals surface area contributed by atoms with Crippen LogP contribution < -0.4 is 24.4 Å². The average molecular weight is 461 g/mol. The number of fused-ring (bicyclic) bond motifs is 1. The minimum absolute atomic E-state index is 0.115. The Kier molecular flexibility index (Phi) is 7.32. The van der Waals surface area contributed by atoms with Crippen LogP contribution >= 0.6 is 0 Å². The Morgan fingerprint density at radius 2 is 1.76 bits per heavy atom. The number of benzene rings is 3. The molecule has 1 atom stereocenters. The first-order valence-corrected chi connectivity index (χ1v) is 11.3. The fourth-order valence-electron chi connectivity index (χ4n) is 3.73. The molecule has 1 unspecified atom stereocenters. The Morgan fingerprint density at radius 1 is 1.03 bits per heavy atom. The van der Waals surface area contributed by atoms with Gasteiger partial charge in [-0.05, 0) is 61.4 Å². The van der Waals surface area contributed by atoms with Crippen LogP contribution in [0.3, 0.4) is 0 Å². The topological polar surface area (TPSA) is 77.1 Å². The van der Waals surface area contributed by atoms with Gasteiger partial charge in [0.1, 0.15) is 17.2 Å². The standard InChI is InChI=1S/C27H28N2O5/c1-19-27(31)29(18-20-7-4-3-5-8-20)24-17-21(10-15-25(24)34-19)28-26(30)9-6-16-33-23-13-11-22(32-2)12-14-23/h3-5,7-8,10-15,17,19H,6,9,16,18H2,1-2H3,(H,28,30). The minimum Gasteiger partial charge on any atom is -0.497 e. The van der Waals surface area contributed by atoms with Gasteiger partial charge in [-0.3, -0.25) is 9.59 Å². The van der Waals surface area contributed by atoms with Gasteiger partial charge in [-0.25, -0.2) is 0 Å². The number of methoxy groups -OCH3 is 1. The summed E-state index contributed by atoms with van der Waals surface area (Å²) < 4.78 is 16.6. The van der Waals surface area contributed by atoms with Crippen LogP contribution in [0.25, 0.3) is 0 Å². The molecule has 0 aromatic heterocycles. The lowest BCUT2D eigenvalue weighted by molar-refractivity contribution is -0.125. The fraction of sp³-hybridized carbons (Fsp3) is 0.259. The van der Waals surface area contributed by atoms with E-state index in [0.29, 0.717) is 43.1 Å². The van der Waals surface area contributed by atoms with Crippen LogP contribution in [0.4, 0.5) is 11.4 Å². The molecule has 2 amide bonds. The molecule has 0 spiro atoms. The molecule has 3 aromatic carbocycles. The van der Waals surface area contributed by atoms with E-state index in [1.165, 1.54) is 0 Å². The van der Waals surface area contributed by atoms with Gasteiger partial charge >= 0.3 is 0 Å². The first kappa shape index (κ1) is 23.2. The molecule has 7 nitrogen and oxygen atoms in total. The molecule has 4 rings (SSSR count). The Morgan fingerprint density at radius 3 is 2.50 bits per heavy atom. The van der Waals surface area contributed by atoms with E-state index in [9.17, 15) is 9.59 Å². The number of carbonyl (C=O) groups is 2. The molecule has 1 heterocycles. The van der Waals surface area contributed by atoms with E-state index in [4.69, 9.17) is 14.2 Å². The third-order valence-corrected chi connectivity index (χ3v) is 5.51. The molecule has 1 N–H and O–H groups in total. The van der Waals surface area contributed by atoms with Crippen molar-refractivity contribution in [2.24, 2.45) is 0 Å². The maximum absolute atomic E-state index is 12.8. The number of rotatable bonds is 9. The van der Waals surface area contributed by atoms with Gasteiger partial charge in [-0.1, -0.05) is 30.3 Å². The SMILES string of the molecule is COc1ccc(OCCCC(=O)Nc2ccc3c(c2)N(Cc2ccccc2)C(=O)C(C)O3)cc1. The lowest BCUT2D eigenvalue weighted by atomic mass is 10.1. The normalized spacial score (nSPS) is 14.7. The largest absolute Gasteiger partial charge is 0.497 e. The van der Waals surface area contributed by atoms with E-state index in [1.54, 1.807) is 37.1 Å². The molecule has 0 aliphatic carbocycles. The molecule has 34 heavy (non-hydrogen) atoms. The number of hydrogen-bond acceptors (Lipinski definition) is 5. The number of nitrogens with one attached hydrogen (secondary N) is 1. The van der Waals surface area contributed by atoms with Gasteiger partial charge in [0.15, 0.2) is 6.10 Å². The van der Waals surface area contributed by atoms with Crippen LogP contribution in [0.5, 0.6) is 17.2 Å². The van der Waals surface area contributed by atoms with Crippen LogP contribution in [0.1, 0.15) is 25.3 Å². The molecule has 0 radical (unpaired) electrons. The van der Waals surface area contributed by atoms with Crippen molar-refractivity contribution in [2.75, 3.05) is 23.9 Å². The molecular weight excluding hydrogens is 432 g/mol. The fourth-order valence-corrected chi connectivity index (χ4v) is 3.73. The molecule has 3 aromatic rings. The van der Waals surface area contributed by atoms with Crippen molar-refractivity contribution in [1.82, 2.24) is 0 Å². The zero-order chi connectivity index (χ0) is 23.9. The molecule has 0 saturated heterocycles. The number of amides is 2. The average Bonchev–Trinajstić information content (AvgIpc) is 2.86. The summed E-state index contributed by atoms with van der Waals surface area (Å²) in [5.41, 5.74) is 2.28. The molecule has 1 aliphatic rings. The Bertz CT molecular complexity index is 1130. The second-order valence-corrected chi connectivity index (χ2v) is 8.03. The van der Waals surface area contributed by atoms with Crippen LogP contribution in [0.2, 0.25) is 0 Å². The number of hydrogen-bond donors (Lipinski definition) is 1. The number of ether oxygens (including phenoxy) is 3. The highest BCUT2D eigenvalue weighted by molar-refractivity contribution is 6.01. The molecule has 0 fully saturated rings. The molecule has 1 aliphatic heterocycles. The smallest absolute Gasteiger partial charge is 0.268 e. The Balaban J connectivity index is 1.35. The third kappa shape index (κ3) is 5.67. The van der Waals surface area contributed by atoms with E-state index >= 15 is 0 Å². The highest BCUT2D eigenvalue weighted by Crippen LogP contribution is 2.37. The predicted molar refractivity (Wildman–Crippen MR) is 131 cm³/mol. The van der Waals surface area contributed by atoms with Crippen LogP contribution in [0.15, 0.2) is 72.8 Å². The summed E-state index contributed by atoms with van der Waals surface area (Å²) in [5, 5.41) is 2.91. The molecule has 0 bridgehead atoms. The second kappa shape index (κ2) is 10.7. The quantitative estimate of drug-likeness (QED) is 0.464. The van der Waals surface area contributed by atoms with Crippen molar-refractivity contribution in [3.05, 3.63) is 78.4 Å². The van der Waals surface area contributed by atoms with Gasteiger partial charge in [0.05, 0.1) is 25.9 Å². The van der Waals surface area contributed by atoms with Crippen LogP contribution in [-0.2, 0) is 16.1 Å². The van der Waals surface area contributed by atoms with Gasteiger partial charge in [0, 0.05) is 12.1 Å². The van der Waals surface area contributed by atoms with Crippen LogP contribution in [0, 0.1) is 0 Å². The van der Waals surface area contributed by atoms with Crippen molar-refractivity contribution in [3.63, 3.8) is 0 Å². The van der Waals surface area contributed by atoms with Gasteiger partial charge in [0.25, 0.3) is 5.91 Å². The minimum atomic E-state index is -0.567. The van der Waals surface area contributed by atoms with Gasteiger partial charge in [-0.15, -0.1) is 0 Å². The van der Waals surface area contributed by atoms with E-state index in [2.05, 4.69) is 5.32 Å². The maximum atomic E-state index is 12.8. The lowest BCUT2D eigenvalue weighted by Gasteiger charge is -2.33. The van der Waals surface area contributed by atoms with Crippen molar-refractivity contribution in [2.45, 2.75) is 32.4 Å². The van der Waals surface area contributed by atoms with Gasteiger partial charge < -0.3 is 24.4 Å². The number of carbonyl (C=O) groups excluding carboxylic acids is 2. The summed E-state index contributed by atoms with van der Waals surface area (Å²) in [6, 6.07) is 22.5. The molecule has 0 saturated carbocycles. The van der Waals surface area contributed by atoms with Crippen LogP contribution in [-0.4, -0.2) is 31.6 Å². The van der Waals surface area contributed by atoms with Crippen molar-refractivity contribution in [3.8, 4) is 17.2 Å². The molecular formula is C27H28N2O5. The number of anilines is 2. The van der Waals surface area contributed by atoms with E-state index in [-0.39, 0.29) is 11.8 Å². The highest BCUT2D eigenvalue weighted by Gasteiger charge is 2.31. The number of nitrogens with zero attached hydrogens (tertiary/aromatic N) is 1. The summed E-state index contributed by atoms with van der Waals surface area (Å²) in [6.07, 6.45) is 0.317. The summed E-state index contributed by atoms with van der Waals surface area (Å²) in [6.45, 7) is 2.60. The Hall–Kier alpha value is -4.00. The van der Waals surface area contributed by atoms with Crippen molar-refractivity contribution in [1.29, 1.82) is 0 Å². The summed E-state index contributed by atoms with van der Waals surface area (Å²) >= 11 is 0. The first-order chi connectivity index (χ1) is 16.5. The van der Waals surface area contributed by atoms with E-state index in [0.717, 1.165) is 17.1 Å². The van der Waals surface area contributed by atoms with Crippen molar-refractivity contribution >= 4 is 23.2 Å².